The number of ether oxygens (including phenoxy) is 1. The van der Waals surface area contributed by atoms with E-state index >= 15 is 0 Å². The minimum absolute atomic E-state index is 0.159. The van der Waals surface area contributed by atoms with Gasteiger partial charge in [0.1, 0.15) is 5.60 Å². The van der Waals surface area contributed by atoms with E-state index in [-0.39, 0.29) is 12.1 Å². The molecule has 0 aromatic heterocycles. The van der Waals surface area contributed by atoms with Crippen molar-refractivity contribution >= 4 is 6.09 Å². The third-order valence-electron chi connectivity index (χ3n) is 4.00. The van der Waals surface area contributed by atoms with Crippen LogP contribution in [0.3, 0.4) is 0 Å². The summed E-state index contributed by atoms with van der Waals surface area (Å²) in [7, 11) is 0. The highest BCUT2D eigenvalue weighted by Crippen LogP contribution is 2.23. The maximum Gasteiger partial charge on any atom is 0.410 e. The van der Waals surface area contributed by atoms with Gasteiger partial charge in [-0.2, -0.15) is 0 Å². The fraction of sp³-hybridized carbons (Fsp3) is 0.941. The van der Waals surface area contributed by atoms with E-state index in [4.69, 9.17) is 10.5 Å². The van der Waals surface area contributed by atoms with Crippen LogP contribution in [0.5, 0.6) is 0 Å². The molecule has 130 valence electrons. The average Bonchev–Trinajstić information content (AvgIpc) is 2.62. The first-order chi connectivity index (χ1) is 10.3. The Bertz CT molecular complexity index is 328. The van der Waals surface area contributed by atoms with Gasteiger partial charge in [0.25, 0.3) is 0 Å². The summed E-state index contributed by atoms with van der Waals surface area (Å²) in [5.74, 6) is 0. The van der Waals surface area contributed by atoms with Gasteiger partial charge < -0.3 is 20.7 Å². The molecule has 0 saturated carbocycles. The largest absolute Gasteiger partial charge is 0.444 e. The molecule has 1 amide bonds. The lowest BCUT2D eigenvalue weighted by molar-refractivity contribution is 0.0150. The standard InChI is InChI=1S/C17H35N3O2/c1-14(19-11-8-10-18)13-15-9-6-5-7-12-20(15)16(21)22-17(2,3)4/h14-15,19H,5-13,18H2,1-4H3. The van der Waals surface area contributed by atoms with Crippen LogP contribution in [0, 0.1) is 0 Å². The summed E-state index contributed by atoms with van der Waals surface area (Å²) in [4.78, 5) is 14.4. The van der Waals surface area contributed by atoms with Crippen LogP contribution in [0.4, 0.5) is 4.79 Å². The molecule has 22 heavy (non-hydrogen) atoms. The smallest absolute Gasteiger partial charge is 0.410 e. The quantitative estimate of drug-likeness (QED) is 0.740. The Balaban J connectivity index is 2.59. The maximum atomic E-state index is 12.5. The SMILES string of the molecule is CC(CC1CCCCCN1C(=O)OC(C)(C)C)NCCCN. The fourth-order valence-electron chi connectivity index (χ4n) is 2.93. The van der Waals surface area contributed by atoms with Crippen molar-refractivity contribution in [2.45, 2.75) is 83.9 Å². The third kappa shape index (κ3) is 7.45. The van der Waals surface area contributed by atoms with Crippen LogP contribution in [0.25, 0.3) is 0 Å². The number of hydrogen-bond donors (Lipinski definition) is 2. The molecular formula is C17H35N3O2. The molecule has 0 aromatic rings. The Morgan fingerprint density at radius 1 is 1.36 bits per heavy atom. The summed E-state index contributed by atoms with van der Waals surface area (Å²) in [5, 5.41) is 3.50. The zero-order valence-corrected chi connectivity index (χ0v) is 14.9. The van der Waals surface area contributed by atoms with Crippen LogP contribution in [0.15, 0.2) is 0 Å². The summed E-state index contributed by atoms with van der Waals surface area (Å²) < 4.78 is 5.59. The van der Waals surface area contributed by atoms with Gasteiger partial charge in [-0.1, -0.05) is 12.8 Å². The zero-order chi connectivity index (χ0) is 16.6. The van der Waals surface area contributed by atoms with Crippen LogP contribution < -0.4 is 11.1 Å². The summed E-state index contributed by atoms with van der Waals surface area (Å²) in [6.07, 6.45) is 6.35. The molecule has 0 aliphatic carbocycles. The van der Waals surface area contributed by atoms with Crippen molar-refractivity contribution in [2.75, 3.05) is 19.6 Å². The van der Waals surface area contributed by atoms with Crippen LogP contribution in [0.2, 0.25) is 0 Å². The van der Waals surface area contributed by atoms with E-state index in [1.165, 1.54) is 12.8 Å². The van der Waals surface area contributed by atoms with Crippen molar-refractivity contribution in [1.82, 2.24) is 10.2 Å². The molecule has 1 saturated heterocycles. The molecule has 1 aliphatic rings. The third-order valence-corrected chi connectivity index (χ3v) is 4.00. The second-order valence-corrected chi connectivity index (χ2v) is 7.41. The summed E-state index contributed by atoms with van der Waals surface area (Å²) in [6, 6.07) is 0.664. The number of hydrogen-bond acceptors (Lipinski definition) is 4. The molecule has 5 heteroatoms. The van der Waals surface area contributed by atoms with Crippen molar-refractivity contribution in [3.63, 3.8) is 0 Å². The Kier molecular flexibility index (Phi) is 8.18. The minimum Gasteiger partial charge on any atom is -0.444 e. The van der Waals surface area contributed by atoms with Gasteiger partial charge in [0.05, 0.1) is 0 Å². The maximum absolute atomic E-state index is 12.5. The lowest BCUT2D eigenvalue weighted by atomic mass is 10.0. The topological polar surface area (TPSA) is 67.6 Å². The molecule has 2 atom stereocenters. The molecule has 0 radical (unpaired) electrons. The van der Waals surface area contributed by atoms with Gasteiger partial charge in [0.15, 0.2) is 0 Å². The molecule has 1 fully saturated rings. The molecule has 0 bridgehead atoms. The molecule has 5 nitrogen and oxygen atoms in total. The van der Waals surface area contributed by atoms with E-state index in [0.717, 1.165) is 38.8 Å². The first kappa shape index (κ1) is 19.2. The number of nitrogens with two attached hydrogens (primary N) is 1. The predicted octanol–water partition coefficient (Wildman–Crippen LogP) is 2.88. The predicted molar refractivity (Wildman–Crippen MR) is 90.9 cm³/mol. The number of rotatable bonds is 6. The molecule has 1 rings (SSSR count). The molecule has 0 spiro atoms. The molecular weight excluding hydrogens is 278 g/mol. The molecule has 1 heterocycles. The van der Waals surface area contributed by atoms with E-state index in [9.17, 15) is 4.79 Å². The van der Waals surface area contributed by atoms with Gasteiger partial charge >= 0.3 is 6.09 Å². The molecule has 3 N–H and O–H groups in total. The van der Waals surface area contributed by atoms with Gasteiger partial charge in [0.2, 0.25) is 0 Å². The van der Waals surface area contributed by atoms with Crippen LogP contribution in [-0.2, 0) is 4.74 Å². The van der Waals surface area contributed by atoms with Gasteiger partial charge in [-0.25, -0.2) is 4.79 Å². The summed E-state index contributed by atoms with van der Waals surface area (Å²) in [6.45, 7) is 10.4. The highest BCUT2D eigenvalue weighted by molar-refractivity contribution is 5.68. The van der Waals surface area contributed by atoms with Crippen LogP contribution >= 0.6 is 0 Å². The number of nitrogens with one attached hydrogen (secondary N) is 1. The number of carbonyl (C=O) groups excluding carboxylic acids is 1. The van der Waals surface area contributed by atoms with E-state index in [1.54, 1.807) is 0 Å². The average molecular weight is 313 g/mol. The van der Waals surface area contributed by atoms with Crippen molar-refractivity contribution < 1.29 is 9.53 Å². The first-order valence-electron chi connectivity index (χ1n) is 8.76. The van der Waals surface area contributed by atoms with Crippen LogP contribution in [-0.4, -0.2) is 48.3 Å². The Morgan fingerprint density at radius 3 is 2.73 bits per heavy atom. The molecule has 1 aliphatic heterocycles. The Labute approximate surface area is 135 Å². The Hall–Kier alpha value is -0.810. The van der Waals surface area contributed by atoms with Gasteiger partial charge in [-0.05, 0) is 66.5 Å². The minimum atomic E-state index is -0.432. The van der Waals surface area contributed by atoms with Crippen molar-refractivity contribution in [2.24, 2.45) is 5.73 Å². The zero-order valence-electron chi connectivity index (χ0n) is 14.9. The lowest BCUT2D eigenvalue weighted by Crippen LogP contribution is -2.45. The second-order valence-electron chi connectivity index (χ2n) is 7.41. The monoisotopic (exact) mass is 313 g/mol. The van der Waals surface area contributed by atoms with E-state index < -0.39 is 5.60 Å². The number of nitrogens with zero attached hydrogens (tertiary/aromatic N) is 1. The lowest BCUT2D eigenvalue weighted by Gasteiger charge is -2.33. The van der Waals surface area contributed by atoms with Gasteiger partial charge in [0, 0.05) is 18.6 Å². The first-order valence-corrected chi connectivity index (χ1v) is 8.76. The van der Waals surface area contributed by atoms with Gasteiger partial charge in [-0.15, -0.1) is 0 Å². The van der Waals surface area contributed by atoms with Crippen molar-refractivity contribution in [1.29, 1.82) is 0 Å². The normalized spacial score (nSPS) is 21.3. The Morgan fingerprint density at radius 2 is 2.09 bits per heavy atom. The van der Waals surface area contributed by atoms with Gasteiger partial charge in [-0.3, -0.25) is 0 Å². The van der Waals surface area contributed by atoms with E-state index in [1.807, 2.05) is 25.7 Å². The van der Waals surface area contributed by atoms with Crippen LogP contribution in [0.1, 0.15) is 66.2 Å². The summed E-state index contributed by atoms with van der Waals surface area (Å²) >= 11 is 0. The van der Waals surface area contributed by atoms with Crippen molar-refractivity contribution in [3.8, 4) is 0 Å². The second kappa shape index (κ2) is 9.36. The summed E-state index contributed by atoms with van der Waals surface area (Å²) in [5.41, 5.74) is 5.10. The number of likely N-dealkylation sites (tertiary alicyclic amines) is 1. The van der Waals surface area contributed by atoms with Crippen molar-refractivity contribution in [3.05, 3.63) is 0 Å². The van der Waals surface area contributed by atoms with E-state index in [2.05, 4.69) is 12.2 Å². The highest BCUT2D eigenvalue weighted by Gasteiger charge is 2.30. The fourth-order valence-corrected chi connectivity index (χ4v) is 2.93. The molecule has 2 unspecified atom stereocenters. The molecule has 0 aromatic carbocycles. The highest BCUT2D eigenvalue weighted by atomic mass is 16.6. The number of amides is 1. The number of carbonyl (C=O) groups is 1. The van der Waals surface area contributed by atoms with E-state index in [0.29, 0.717) is 12.6 Å².